The molecule has 2 aromatic rings. The SMILES string of the molecule is C=NC(=NC=Nc1ccc(N2CCN(C3COC3)CC2)cc1)c1ccc(O[C@@H]2CCN(C(=O)CO)C(C)C2)c(C#N)c1. The Kier molecular flexibility index (Phi) is 9.59. The van der Waals surface area contributed by atoms with Gasteiger partial charge in [-0.25, -0.2) is 15.0 Å². The average Bonchev–Trinajstić information content (AvgIpc) is 2.99. The van der Waals surface area contributed by atoms with E-state index in [-0.39, 0.29) is 18.1 Å². The Morgan fingerprint density at radius 2 is 1.93 bits per heavy atom. The quantitative estimate of drug-likeness (QED) is 0.381. The van der Waals surface area contributed by atoms with Crippen molar-refractivity contribution in [3.8, 4) is 11.8 Å². The molecule has 5 rings (SSSR count). The van der Waals surface area contributed by atoms with Gasteiger partial charge in [-0.2, -0.15) is 5.26 Å². The van der Waals surface area contributed by atoms with Crippen LogP contribution < -0.4 is 9.64 Å². The lowest BCUT2D eigenvalue weighted by molar-refractivity contribution is -0.138. The van der Waals surface area contributed by atoms with Gasteiger partial charge in [0.2, 0.25) is 5.91 Å². The third kappa shape index (κ3) is 6.85. The van der Waals surface area contributed by atoms with E-state index in [1.165, 1.54) is 12.0 Å². The van der Waals surface area contributed by atoms with Crippen LogP contribution in [-0.2, 0) is 9.53 Å². The van der Waals surface area contributed by atoms with Gasteiger partial charge in [-0.15, -0.1) is 0 Å². The molecule has 3 aliphatic heterocycles. The normalized spacial score (nSPS) is 22.1. The van der Waals surface area contributed by atoms with Gasteiger partial charge >= 0.3 is 0 Å². The maximum Gasteiger partial charge on any atom is 0.248 e. The van der Waals surface area contributed by atoms with E-state index in [1.807, 2.05) is 19.1 Å². The van der Waals surface area contributed by atoms with E-state index in [0.717, 1.165) is 45.1 Å². The van der Waals surface area contributed by atoms with Crippen molar-refractivity contribution < 1.29 is 19.4 Å². The molecule has 2 atom stereocenters. The number of hydrogen-bond donors (Lipinski definition) is 1. The van der Waals surface area contributed by atoms with Gasteiger partial charge in [0.25, 0.3) is 0 Å². The summed E-state index contributed by atoms with van der Waals surface area (Å²) in [6.07, 6.45) is 2.53. The predicted octanol–water partition coefficient (Wildman–Crippen LogP) is 2.64. The molecule has 0 radical (unpaired) electrons. The number of aliphatic hydroxyl groups is 1. The van der Waals surface area contributed by atoms with Gasteiger partial charge in [-0.05, 0) is 56.1 Å². The molecule has 3 aliphatic rings. The minimum absolute atomic E-state index is 0.0596. The number of likely N-dealkylation sites (tertiary alicyclic amines) is 1. The number of nitrogens with zero attached hydrogens (tertiary/aromatic N) is 7. The van der Waals surface area contributed by atoms with Crippen molar-refractivity contribution in [2.24, 2.45) is 15.0 Å². The largest absolute Gasteiger partial charge is 0.489 e. The van der Waals surface area contributed by atoms with Crippen LogP contribution >= 0.6 is 0 Å². The standard InChI is InChI=1S/C31H37N7O4/c1-22-15-28(9-10-38(22)30(40)18-39)42-29-8-3-23(16-24(29)17-32)31(33-2)35-21-34-25-4-6-26(7-5-25)36-11-13-37(14-12-36)27-19-41-20-27/h3-8,16,21-22,27-28,39H,2,9-15,18-20H2,1H3/t22?,28-/m1/s1. The third-order valence-corrected chi connectivity index (χ3v) is 8.14. The smallest absolute Gasteiger partial charge is 0.248 e. The minimum atomic E-state index is -0.497. The molecule has 2 aromatic carbocycles. The molecular weight excluding hydrogens is 534 g/mol. The second-order valence-electron chi connectivity index (χ2n) is 10.8. The zero-order valence-corrected chi connectivity index (χ0v) is 23.9. The first-order valence-corrected chi connectivity index (χ1v) is 14.3. The summed E-state index contributed by atoms with van der Waals surface area (Å²) in [4.78, 5) is 31.3. The highest BCUT2D eigenvalue weighted by Crippen LogP contribution is 2.27. The van der Waals surface area contributed by atoms with Crippen LogP contribution in [0.25, 0.3) is 0 Å². The van der Waals surface area contributed by atoms with E-state index in [0.29, 0.717) is 48.1 Å². The van der Waals surface area contributed by atoms with E-state index in [9.17, 15) is 10.1 Å². The van der Waals surface area contributed by atoms with Crippen molar-refractivity contribution in [1.82, 2.24) is 9.80 Å². The van der Waals surface area contributed by atoms with E-state index >= 15 is 0 Å². The Morgan fingerprint density at radius 1 is 1.17 bits per heavy atom. The monoisotopic (exact) mass is 571 g/mol. The number of aliphatic hydroxyl groups excluding tert-OH is 1. The summed E-state index contributed by atoms with van der Waals surface area (Å²) in [7, 11) is 0. The minimum Gasteiger partial charge on any atom is -0.489 e. The number of hydrogen-bond acceptors (Lipinski definition) is 8. The highest BCUT2D eigenvalue weighted by atomic mass is 16.5. The summed E-state index contributed by atoms with van der Waals surface area (Å²) in [5.74, 6) is 0.533. The topological polar surface area (TPSA) is 126 Å². The molecule has 3 saturated heterocycles. The fourth-order valence-electron chi connectivity index (χ4n) is 5.62. The number of carbonyl (C=O) groups is 1. The van der Waals surface area contributed by atoms with Crippen LogP contribution in [0.3, 0.4) is 0 Å². The molecule has 0 aromatic heterocycles. The van der Waals surface area contributed by atoms with Crippen molar-refractivity contribution in [2.75, 3.05) is 57.4 Å². The predicted molar refractivity (Wildman–Crippen MR) is 162 cm³/mol. The lowest BCUT2D eigenvalue weighted by atomic mass is 10.00. The van der Waals surface area contributed by atoms with Crippen molar-refractivity contribution in [1.29, 1.82) is 5.26 Å². The highest BCUT2D eigenvalue weighted by Gasteiger charge is 2.30. The molecule has 0 aliphatic carbocycles. The van der Waals surface area contributed by atoms with Crippen LogP contribution in [0.4, 0.5) is 11.4 Å². The Labute approximate surface area is 246 Å². The van der Waals surface area contributed by atoms with Gasteiger partial charge in [-0.3, -0.25) is 9.69 Å². The molecule has 11 nitrogen and oxygen atoms in total. The number of piperidine rings is 1. The summed E-state index contributed by atoms with van der Waals surface area (Å²) in [5.41, 5.74) is 2.94. The number of benzene rings is 2. The molecule has 3 heterocycles. The molecule has 1 unspecified atom stereocenters. The van der Waals surface area contributed by atoms with Crippen molar-refractivity contribution in [3.63, 3.8) is 0 Å². The Bertz CT molecular complexity index is 1360. The lowest BCUT2D eigenvalue weighted by Gasteiger charge is -2.43. The Hall–Kier alpha value is -4.11. The summed E-state index contributed by atoms with van der Waals surface area (Å²) >= 11 is 0. The van der Waals surface area contributed by atoms with Crippen molar-refractivity contribution in [2.45, 2.75) is 38.0 Å². The summed E-state index contributed by atoms with van der Waals surface area (Å²) in [6, 6.07) is 16.0. The second kappa shape index (κ2) is 13.7. The molecule has 0 bridgehead atoms. The Balaban J connectivity index is 1.18. The molecule has 1 N–H and O–H groups in total. The molecule has 11 heteroatoms. The molecular formula is C31H37N7O4. The summed E-state index contributed by atoms with van der Waals surface area (Å²) in [5, 5.41) is 18.9. The van der Waals surface area contributed by atoms with E-state index < -0.39 is 6.61 Å². The van der Waals surface area contributed by atoms with Gasteiger partial charge in [0.05, 0.1) is 30.5 Å². The molecule has 3 fully saturated rings. The van der Waals surface area contributed by atoms with Crippen molar-refractivity contribution >= 4 is 36.2 Å². The van der Waals surface area contributed by atoms with E-state index in [4.69, 9.17) is 14.6 Å². The highest BCUT2D eigenvalue weighted by molar-refractivity contribution is 6.05. The zero-order valence-electron chi connectivity index (χ0n) is 23.9. The fourth-order valence-corrected chi connectivity index (χ4v) is 5.62. The van der Waals surface area contributed by atoms with Crippen LogP contribution in [0, 0.1) is 11.3 Å². The number of carbonyl (C=O) groups excluding carboxylic acids is 1. The van der Waals surface area contributed by atoms with E-state index in [2.05, 4.69) is 49.7 Å². The van der Waals surface area contributed by atoms with Crippen LogP contribution in [-0.4, -0.2) is 110 Å². The number of anilines is 1. The fraction of sp³-hybridized carbons (Fsp3) is 0.452. The van der Waals surface area contributed by atoms with Gasteiger partial charge in [0.15, 0.2) is 5.84 Å². The maximum absolute atomic E-state index is 11.9. The lowest BCUT2D eigenvalue weighted by Crippen LogP contribution is -2.56. The summed E-state index contributed by atoms with van der Waals surface area (Å²) in [6.45, 7) is 11.4. The first kappa shape index (κ1) is 29.4. The van der Waals surface area contributed by atoms with Gasteiger partial charge in [0.1, 0.15) is 30.9 Å². The number of amidine groups is 1. The number of rotatable bonds is 8. The molecule has 1 amide bonds. The maximum atomic E-state index is 11.9. The number of amides is 1. The first-order chi connectivity index (χ1) is 20.5. The number of piperazine rings is 1. The zero-order chi connectivity index (χ0) is 29.5. The van der Waals surface area contributed by atoms with Gasteiger partial charge < -0.3 is 24.4 Å². The summed E-state index contributed by atoms with van der Waals surface area (Å²) < 4.78 is 11.5. The van der Waals surface area contributed by atoms with Gasteiger partial charge in [0, 0.05) is 62.9 Å². The van der Waals surface area contributed by atoms with Crippen LogP contribution in [0.2, 0.25) is 0 Å². The number of nitriles is 1. The number of ether oxygens (including phenoxy) is 2. The molecule has 42 heavy (non-hydrogen) atoms. The third-order valence-electron chi connectivity index (χ3n) is 8.14. The molecule has 0 spiro atoms. The van der Waals surface area contributed by atoms with Crippen LogP contribution in [0.5, 0.6) is 5.75 Å². The Morgan fingerprint density at radius 3 is 2.55 bits per heavy atom. The molecule has 0 saturated carbocycles. The van der Waals surface area contributed by atoms with Gasteiger partial charge in [-0.1, -0.05) is 0 Å². The first-order valence-electron chi connectivity index (χ1n) is 14.3. The van der Waals surface area contributed by atoms with E-state index in [1.54, 1.807) is 23.1 Å². The van der Waals surface area contributed by atoms with Crippen LogP contribution in [0.1, 0.15) is 30.9 Å². The average molecular weight is 572 g/mol. The second-order valence-corrected chi connectivity index (χ2v) is 10.8. The van der Waals surface area contributed by atoms with Crippen LogP contribution in [0.15, 0.2) is 57.4 Å². The molecule has 220 valence electrons. The van der Waals surface area contributed by atoms with Crippen molar-refractivity contribution in [3.05, 3.63) is 53.6 Å². The number of aliphatic imine (C=N–C) groups is 3.